The van der Waals surface area contributed by atoms with Crippen LogP contribution in [0, 0.1) is 5.82 Å². The van der Waals surface area contributed by atoms with Gasteiger partial charge in [-0.25, -0.2) is 22.6 Å². The molecule has 5 rings (SSSR count). The highest BCUT2D eigenvalue weighted by atomic mass is 32.2. The molecule has 0 aliphatic carbocycles. The third-order valence-corrected chi connectivity index (χ3v) is 8.38. The molecule has 11 nitrogen and oxygen atoms in total. The van der Waals surface area contributed by atoms with Crippen molar-refractivity contribution in [1.29, 1.82) is 0 Å². The van der Waals surface area contributed by atoms with Crippen LogP contribution < -0.4 is 10.2 Å². The second kappa shape index (κ2) is 12.1. The van der Waals surface area contributed by atoms with E-state index in [2.05, 4.69) is 15.2 Å². The van der Waals surface area contributed by atoms with Gasteiger partial charge < -0.3 is 24.8 Å². The minimum atomic E-state index is -4.06. The first-order valence-electron chi connectivity index (χ1n) is 12.7. The lowest BCUT2D eigenvalue weighted by Crippen LogP contribution is -2.40. The summed E-state index contributed by atoms with van der Waals surface area (Å²) in [5, 5.41) is 12.0. The topological polar surface area (TPSA) is 134 Å². The zero-order valence-electron chi connectivity index (χ0n) is 21.5. The number of carbonyl (C=O) groups is 1. The maximum Gasteiger partial charge on any atom is 0.328 e. The number of morpholine rings is 2. The number of nitrogens with one attached hydrogen (secondary N) is 1. The number of aliphatic carboxylic acids is 1. The summed E-state index contributed by atoms with van der Waals surface area (Å²) in [6.45, 7) is 3.05. The zero-order valence-corrected chi connectivity index (χ0v) is 22.3. The predicted molar refractivity (Wildman–Crippen MR) is 146 cm³/mol. The van der Waals surface area contributed by atoms with Crippen molar-refractivity contribution in [1.82, 2.24) is 14.3 Å². The molecule has 0 atom stereocenters. The van der Waals surface area contributed by atoms with Crippen molar-refractivity contribution >= 4 is 39.5 Å². The first-order chi connectivity index (χ1) is 19.3. The van der Waals surface area contributed by atoms with Gasteiger partial charge >= 0.3 is 5.97 Å². The molecule has 40 heavy (non-hydrogen) atoms. The Labute approximate surface area is 230 Å². The van der Waals surface area contributed by atoms with E-state index in [9.17, 15) is 17.6 Å². The van der Waals surface area contributed by atoms with Crippen LogP contribution in [0.5, 0.6) is 0 Å². The Balaban J connectivity index is 1.48. The molecule has 0 spiro atoms. The number of sulfonamides is 1. The standard InChI is InChI=1S/C27H28FN5O6S/c28-23-6-5-21(17-24(23)40(36,37)33-10-14-39-15-11-33)30-27-29-18-22(26(31-27)32-8-12-38-13-9-32)20-3-1-2-19(16-20)4-7-25(34)35/h1-7,16-18H,8-15H2,(H,34,35)(H,29,30,31). The molecule has 2 saturated heterocycles. The highest BCUT2D eigenvalue weighted by Crippen LogP contribution is 2.32. The molecule has 3 aromatic rings. The fourth-order valence-corrected chi connectivity index (χ4v) is 5.96. The van der Waals surface area contributed by atoms with Crippen LogP contribution in [0.25, 0.3) is 17.2 Å². The highest BCUT2D eigenvalue weighted by molar-refractivity contribution is 7.89. The van der Waals surface area contributed by atoms with E-state index in [1.807, 2.05) is 18.2 Å². The Bertz CT molecular complexity index is 1520. The molecule has 2 aliphatic rings. The number of carboxylic acids is 1. The van der Waals surface area contributed by atoms with Crippen LogP contribution in [0.2, 0.25) is 0 Å². The van der Waals surface area contributed by atoms with Crippen LogP contribution >= 0.6 is 0 Å². The molecule has 0 radical (unpaired) electrons. The molecule has 210 valence electrons. The molecule has 2 N–H and O–H groups in total. The minimum Gasteiger partial charge on any atom is -0.478 e. The largest absolute Gasteiger partial charge is 0.478 e. The van der Waals surface area contributed by atoms with Gasteiger partial charge in [0.15, 0.2) is 0 Å². The minimum absolute atomic E-state index is 0.153. The van der Waals surface area contributed by atoms with Crippen molar-refractivity contribution in [2.75, 3.05) is 62.8 Å². The summed E-state index contributed by atoms with van der Waals surface area (Å²) < 4.78 is 52.8. The maximum atomic E-state index is 14.7. The fraction of sp³-hybridized carbons (Fsp3) is 0.296. The summed E-state index contributed by atoms with van der Waals surface area (Å²) in [6, 6.07) is 11.1. The monoisotopic (exact) mass is 569 g/mol. The second-order valence-electron chi connectivity index (χ2n) is 9.11. The van der Waals surface area contributed by atoms with Gasteiger partial charge in [-0.15, -0.1) is 0 Å². The number of halogens is 1. The Kier molecular flexibility index (Phi) is 8.35. The number of rotatable bonds is 8. The lowest BCUT2D eigenvalue weighted by molar-refractivity contribution is -0.131. The third-order valence-electron chi connectivity index (χ3n) is 6.47. The average molecular weight is 570 g/mol. The normalized spacial score (nSPS) is 16.8. The molecule has 2 fully saturated rings. The molecule has 1 aromatic heterocycles. The number of hydrogen-bond acceptors (Lipinski definition) is 9. The van der Waals surface area contributed by atoms with E-state index >= 15 is 0 Å². The van der Waals surface area contributed by atoms with E-state index in [0.29, 0.717) is 43.4 Å². The summed E-state index contributed by atoms with van der Waals surface area (Å²) in [4.78, 5) is 21.8. The molecule has 13 heteroatoms. The van der Waals surface area contributed by atoms with E-state index in [1.165, 1.54) is 22.5 Å². The van der Waals surface area contributed by atoms with Gasteiger partial charge in [0.1, 0.15) is 16.5 Å². The molecule has 0 unspecified atom stereocenters. The fourth-order valence-electron chi connectivity index (χ4n) is 4.46. The molecule has 3 heterocycles. The lowest BCUT2D eigenvalue weighted by Gasteiger charge is -2.29. The summed E-state index contributed by atoms with van der Waals surface area (Å²) in [5.74, 6) is -1.06. The number of carboxylic acid groups (broad SMARTS) is 1. The van der Waals surface area contributed by atoms with Gasteiger partial charge in [-0.05, 0) is 41.5 Å². The molecule has 2 aromatic carbocycles. The van der Waals surface area contributed by atoms with Crippen LogP contribution in [0.4, 0.5) is 21.8 Å². The predicted octanol–water partition coefficient (Wildman–Crippen LogP) is 2.98. The summed E-state index contributed by atoms with van der Waals surface area (Å²) in [7, 11) is -4.06. The highest BCUT2D eigenvalue weighted by Gasteiger charge is 2.29. The quantitative estimate of drug-likeness (QED) is 0.390. The van der Waals surface area contributed by atoms with Crippen LogP contribution in [-0.4, -0.2) is 86.4 Å². The van der Waals surface area contributed by atoms with E-state index in [4.69, 9.17) is 19.6 Å². The Morgan fingerprint density at radius 1 is 1.02 bits per heavy atom. The van der Waals surface area contributed by atoms with Crippen molar-refractivity contribution in [3.8, 4) is 11.1 Å². The maximum absolute atomic E-state index is 14.7. The Morgan fingerprint density at radius 3 is 2.48 bits per heavy atom. The molecule has 0 bridgehead atoms. The molecule has 2 aliphatic heterocycles. The number of aromatic nitrogens is 2. The SMILES string of the molecule is O=C(O)C=Cc1cccc(-c2cnc(Nc3ccc(F)c(S(=O)(=O)N4CCOCC4)c3)nc2N2CCOCC2)c1. The molecule has 0 saturated carbocycles. The molecule has 0 amide bonds. The first kappa shape index (κ1) is 27.6. The van der Waals surface area contributed by atoms with Crippen molar-refractivity contribution in [3.63, 3.8) is 0 Å². The van der Waals surface area contributed by atoms with Crippen LogP contribution in [-0.2, 0) is 24.3 Å². The zero-order chi connectivity index (χ0) is 28.1. The second-order valence-corrected chi connectivity index (χ2v) is 11.0. The number of hydrogen-bond donors (Lipinski definition) is 2. The van der Waals surface area contributed by atoms with Crippen molar-refractivity contribution in [3.05, 3.63) is 66.1 Å². The van der Waals surface area contributed by atoms with Gasteiger partial charge in [-0.1, -0.05) is 18.2 Å². The molecular weight excluding hydrogens is 541 g/mol. The molecular formula is C27H28FN5O6S. The van der Waals surface area contributed by atoms with Crippen molar-refractivity contribution < 1.29 is 32.2 Å². The number of ether oxygens (including phenoxy) is 2. The van der Waals surface area contributed by atoms with E-state index in [0.717, 1.165) is 23.3 Å². The number of nitrogens with zero attached hydrogens (tertiary/aromatic N) is 4. The summed E-state index contributed by atoms with van der Waals surface area (Å²) in [5.41, 5.74) is 2.54. The van der Waals surface area contributed by atoms with E-state index < -0.39 is 26.7 Å². The van der Waals surface area contributed by atoms with Crippen molar-refractivity contribution in [2.45, 2.75) is 4.90 Å². The average Bonchev–Trinajstić information content (AvgIpc) is 2.98. The lowest BCUT2D eigenvalue weighted by atomic mass is 10.0. The van der Waals surface area contributed by atoms with Crippen LogP contribution in [0.15, 0.2) is 59.6 Å². The first-order valence-corrected chi connectivity index (χ1v) is 14.1. The number of anilines is 3. The third kappa shape index (κ3) is 6.28. The van der Waals surface area contributed by atoms with E-state index in [1.54, 1.807) is 12.3 Å². The smallest absolute Gasteiger partial charge is 0.328 e. The summed E-state index contributed by atoms with van der Waals surface area (Å²) in [6.07, 6.45) is 4.23. The Morgan fingerprint density at radius 2 is 1.75 bits per heavy atom. The van der Waals surface area contributed by atoms with Gasteiger partial charge in [0, 0.05) is 49.7 Å². The number of benzene rings is 2. The Hall–Kier alpha value is -3.91. The summed E-state index contributed by atoms with van der Waals surface area (Å²) >= 11 is 0. The van der Waals surface area contributed by atoms with Gasteiger partial charge in [-0.3, -0.25) is 0 Å². The van der Waals surface area contributed by atoms with Gasteiger partial charge in [-0.2, -0.15) is 9.29 Å². The van der Waals surface area contributed by atoms with Gasteiger partial charge in [0.2, 0.25) is 16.0 Å². The van der Waals surface area contributed by atoms with Crippen molar-refractivity contribution in [2.24, 2.45) is 0 Å². The van der Waals surface area contributed by atoms with Crippen LogP contribution in [0.3, 0.4) is 0 Å². The van der Waals surface area contributed by atoms with Gasteiger partial charge in [0.25, 0.3) is 0 Å². The van der Waals surface area contributed by atoms with Crippen LogP contribution in [0.1, 0.15) is 5.56 Å². The van der Waals surface area contributed by atoms with E-state index in [-0.39, 0.29) is 32.3 Å². The van der Waals surface area contributed by atoms with Gasteiger partial charge in [0.05, 0.1) is 26.4 Å².